The van der Waals surface area contributed by atoms with E-state index >= 15 is 0 Å². The summed E-state index contributed by atoms with van der Waals surface area (Å²) >= 11 is 0. The molecule has 0 unspecified atom stereocenters. The van der Waals surface area contributed by atoms with Gasteiger partial charge in [0.05, 0.1) is 0 Å². The zero-order valence-corrected chi connectivity index (χ0v) is 11.0. The van der Waals surface area contributed by atoms with Crippen molar-refractivity contribution >= 4 is 11.8 Å². The van der Waals surface area contributed by atoms with Crippen LogP contribution in [0.4, 0.5) is 0 Å². The maximum Gasteiger partial charge on any atom is 0.0476 e. The van der Waals surface area contributed by atoms with Crippen LogP contribution in [-0.2, 0) is 0 Å². The SMILES string of the molecule is C/C=C/c1ccc(C2=NCCCC2(C)C)cc1. The molecule has 1 aliphatic heterocycles. The zero-order chi connectivity index (χ0) is 12.3. The average Bonchev–Trinajstić information content (AvgIpc) is 2.30. The lowest BCUT2D eigenvalue weighted by molar-refractivity contribution is 0.440. The molecule has 0 radical (unpaired) electrons. The molecule has 2 rings (SSSR count). The number of allylic oxidation sites excluding steroid dienone is 1. The number of aliphatic imine (C=N–C) groups is 1. The molecule has 0 N–H and O–H groups in total. The van der Waals surface area contributed by atoms with Crippen LogP contribution in [0.3, 0.4) is 0 Å². The van der Waals surface area contributed by atoms with E-state index in [2.05, 4.69) is 50.3 Å². The fraction of sp³-hybridized carbons (Fsp3) is 0.438. The molecule has 1 aromatic carbocycles. The molecule has 0 saturated carbocycles. The van der Waals surface area contributed by atoms with Gasteiger partial charge in [-0.3, -0.25) is 4.99 Å². The topological polar surface area (TPSA) is 12.4 Å². The summed E-state index contributed by atoms with van der Waals surface area (Å²) in [5.41, 5.74) is 4.03. The lowest BCUT2D eigenvalue weighted by Gasteiger charge is -2.30. The van der Waals surface area contributed by atoms with E-state index < -0.39 is 0 Å². The van der Waals surface area contributed by atoms with Gasteiger partial charge in [-0.25, -0.2) is 0 Å². The van der Waals surface area contributed by atoms with Gasteiger partial charge in [0, 0.05) is 17.7 Å². The molecule has 0 aliphatic carbocycles. The van der Waals surface area contributed by atoms with Crippen molar-refractivity contribution in [3.8, 4) is 0 Å². The first kappa shape index (κ1) is 12.1. The first-order valence-electron chi connectivity index (χ1n) is 6.41. The van der Waals surface area contributed by atoms with Crippen molar-refractivity contribution in [3.05, 3.63) is 41.5 Å². The average molecular weight is 227 g/mol. The molecule has 1 nitrogen and oxygen atoms in total. The molecule has 0 spiro atoms. The number of rotatable bonds is 2. The van der Waals surface area contributed by atoms with Gasteiger partial charge in [-0.2, -0.15) is 0 Å². The molecule has 0 saturated heterocycles. The Hall–Kier alpha value is -1.37. The van der Waals surface area contributed by atoms with E-state index in [1.165, 1.54) is 29.7 Å². The van der Waals surface area contributed by atoms with Crippen molar-refractivity contribution < 1.29 is 0 Å². The molecule has 1 heterocycles. The van der Waals surface area contributed by atoms with Crippen LogP contribution in [0.25, 0.3) is 6.08 Å². The highest BCUT2D eigenvalue weighted by atomic mass is 14.8. The lowest BCUT2D eigenvalue weighted by atomic mass is 9.78. The summed E-state index contributed by atoms with van der Waals surface area (Å²) in [6.45, 7) is 7.62. The highest BCUT2D eigenvalue weighted by Crippen LogP contribution is 2.31. The third-order valence-corrected chi connectivity index (χ3v) is 3.41. The van der Waals surface area contributed by atoms with Gasteiger partial charge in [-0.1, -0.05) is 50.3 Å². The Morgan fingerprint density at radius 2 is 1.88 bits per heavy atom. The highest BCUT2D eigenvalue weighted by molar-refractivity contribution is 6.04. The molecule has 17 heavy (non-hydrogen) atoms. The van der Waals surface area contributed by atoms with E-state index in [0.29, 0.717) is 0 Å². The number of hydrogen-bond acceptors (Lipinski definition) is 1. The molecular formula is C16H21N. The van der Waals surface area contributed by atoms with Gasteiger partial charge in [-0.05, 0) is 30.9 Å². The van der Waals surface area contributed by atoms with Crippen LogP contribution in [0.1, 0.15) is 44.7 Å². The van der Waals surface area contributed by atoms with Crippen LogP contribution in [-0.4, -0.2) is 12.3 Å². The second kappa shape index (κ2) is 4.87. The molecule has 0 amide bonds. The van der Waals surface area contributed by atoms with Crippen LogP contribution in [0, 0.1) is 5.41 Å². The van der Waals surface area contributed by atoms with Gasteiger partial charge in [0.1, 0.15) is 0 Å². The van der Waals surface area contributed by atoms with Crippen molar-refractivity contribution in [3.63, 3.8) is 0 Å². The van der Waals surface area contributed by atoms with Crippen molar-refractivity contribution in [2.75, 3.05) is 6.54 Å². The van der Waals surface area contributed by atoms with E-state index in [0.717, 1.165) is 6.54 Å². The van der Waals surface area contributed by atoms with Gasteiger partial charge in [0.25, 0.3) is 0 Å². The van der Waals surface area contributed by atoms with Crippen LogP contribution >= 0.6 is 0 Å². The standard InChI is InChI=1S/C16H21N/c1-4-6-13-7-9-14(10-8-13)15-16(2,3)11-5-12-17-15/h4,6-10H,5,11-12H2,1-3H3/b6-4+. The van der Waals surface area contributed by atoms with E-state index in [4.69, 9.17) is 4.99 Å². The van der Waals surface area contributed by atoms with E-state index in [9.17, 15) is 0 Å². The zero-order valence-electron chi connectivity index (χ0n) is 11.0. The molecule has 0 fully saturated rings. The predicted octanol–water partition coefficient (Wildman–Crippen LogP) is 4.33. The van der Waals surface area contributed by atoms with Crippen LogP contribution in [0.5, 0.6) is 0 Å². The first-order chi connectivity index (χ1) is 8.13. The van der Waals surface area contributed by atoms with Crippen molar-refractivity contribution in [2.45, 2.75) is 33.6 Å². The first-order valence-corrected chi connectivity index (χ1v) is 6.41. The van der Waals surface area contributed by atoms with Crippen LogP contribution < -0.4 is 0 Å². The summed E-state index contributed by atoms with van der Waals surface area (Å²) in [6, 6.07) is 8.73. The summed E-state index contributed by atoms with van der Waals surface area (Å²) in [6.07, 6.45) is 6.64. The summed E-state index contributed by atoms with van der Waals surface area (Å²) in [7, 11) is 0. The predicted molar refractivity (Wildman–Crippen MR) is 75.6 cm³/mol. The van der Waals surface area contributed by atoms with Crippen LogP contribution in [0.2, 0.25) is 0 Å². The third kappa shape index (κ3) is 2.66. The monoisotopic (exact) mass is 227 g/mol. The minimum atomic E-state index is 0.223. The highest BCUT2D eigenvalue weighted by Gasteiger charge is 2.28. The van der Waals surface area contributed by atoms with Gasteiger partial charge in [-0.15, -0.1) is 0 Å². The number of hydrogen-bond donors (Lipinski definition) is 0. The Labute approximate surface area is 104 Å². The normalized spacial score (nSPS) is 19.4. The third-order valence-electron chi connectivity index (χ3n) is 3.41. The van der Waals surface area contributed by atoms with E-state index in [-0.39, 0.29) is 5.41 Å². The van der Waals surface area contributed by atoms with E-state index in [1.54, 1.807) is 0 Å². The van der Waals surface area contributed by atoms with E-state index in [1.807, 2.05) is 6.92 Å². The largest absolute Gasteiger partial charge is 0.289 e. The molecule has 1 aromatic rings. The molecule has 0 aromatic heterocycles. The Kier molecular flexibility index (Phi) is 3.46. The maximum atomic E-state index is 4.73. The lowest BCUT2D eigenvalue weighted by Crippen LogP contribution is -2.29. The summed E-state index contributed by atoms with van der Waals surface area (Å²) in [4.78, 5) is 4.73. The van der Waals surface area contributed by atoms with Crippen LogP contribution in [0.15, 0.2) is 35.3 Å². The Morgan fingerprint density at radius 3 is 2.47 bits per heavy atom. The minimum absolute atomic E-state index is 0.223. The minimum Gasteiger partial charge on any atom is -0.289 e. The summed E-state index contributed by atoms with van der Waals surface area (Å²) in [5.74, 6) is 0. The number of nitrogens with zero attached hydrogens (tertiary/aromatic N) is 1. The molecule has 0 bridgehead atoms. The van der Waals surface area contributed by atoms with Gasteiger partial charge in [0.2, 0.25) is 0 Å². The van der Waals surface area contributed by atoms with Gasteiger partial charge >= 0.3 is 0 Å². The second-order valence-electron chi connectivity index (χ2n) is 5.34. The molecule has 1 aliphatic rings. The Morgan fingerprint density at radius 1 is 1.18 bits per heavy atom. The molecular weight excluding hydrogens is 206 g/mol. The Balaban J connectivity index is 2.31. The Bertz CT molecular complexity index is 435. The molecule has 90 valence electrons. The summed E-state index contributed by atoms with van der Waals surface area (Å²) in [5, 5.41) is 0. The number of benzene rings is 1. The molecule has 1 heteroatoms. The summed E-state index contributed by atoms with van der Waals surface area (Å²) < 4.78 is 0. The fourth-order valence-electron chi connectivity index (χ4n) is 2.47. The quantitative estimate of drug-likeness (QED) is 0.713. The van der Waals surface area contributed by atoms with Gasteiger partial charge in [0.15, 0.2) is 0 Å². The molecule has 0 atom stereocenters. The maximum absolute atomic E-state index is 4.73. The van der Waals surface area contributed by atoms with Crippen molar-refractivity contribution in [1.29, 1.82) is 0 Å². The van der Waals surface area contributed by atoms with Gasteiger partial charge < -0.3 is 0 Å². The fourth-order valence-corrected chi connectivity index (χ4v) is 2.47. The van der Waals surface area contributed by atoms with Crippen molar-refractivity contribution in [2.24, 2.45) is 10.4 Å². The smallest absolute Gasteiger partial charge is 0.0476 e. The van der Waals surface area contributed by atoms with Crippen molar-refractivity contribution in [1.82, 2.24) is 0 Å². The second-order valence-corrected chi connectivity index (χ2v) is 5.34.